The van der Waals surface area contributed by atoms with Crippen LogP contribution in [0.3, 0.4) is 0 Å². The molecule has 0 heterocycles. The number of hydrogen-bond acceptors (Lipinski definition) is 2. The molecular formula is C15H23NO. The maximum Gasteiger partial charge on any atom is 0.0522 e. The minimum absolute atomic E-state index is 0.168. The van der Waals surface area contributed by atoms with Crippen LogP contribution in [-0.2, 0) is 10.8 Å². The minimum Gasteiger partial charge on any atom is -0.395 e. The molecule has 1 unspecified atom stereocenters. The molecule has 0 spiro atoms. The third kappa shape index (κ3) is 2.12. The second kappa shape index (κ2) is 4.11. The van der Waals surface area contributed by atoms with Gasteiger partial charge in [0.05, 0.1) is 6.61 Å². The molecule has 1 saturated carbocycles. The topological polar surface area (TPSA) is 46.2 Å². The lowest BCUT2D eigenvalue weighted by molar-refractivity contribution is 0.218. The van der Waals surface area contributed by atoms with E-state index in [1.165, 1.54) is 24.0 Å². The van der Waals surface area contributed by atoms with Gasteiger partial charge in [-0.3, -0.25) is 0 Å². The lowest BCUT2D eigenvalue weighted by Gasteiger charge is -2.26. The van der Waals surface area contributed by atoms with Crippen LogP contribution in [0.15, 0.2) is 24.3 Å². The zero-order valence-corrected chi connectivity index (χ0v) is 11.0. The Hall–Kier alpha value is -0.860. The molecule has 3 N–H and O–H groups in total. The van der Waals surface area contributed by atoms with E-state index in [9.17, 15) is 5.11 Å². The Morgan fingerprint density at radius 3 is 2.53 bits per heavy atom. The monoisotopic (exact) mass is 233 g/mol. The number of hydrogen-bond donors (Lipinski definition) is 2. The van der Waals surface area contributed by atoms with Crippen molar-refractivity contribution < 1.29 is 5.11 Å². The molecule has 2 nitrogen and oxygen atoms in total. The van der Waals surface area contributed by atoms with E-state index in [0.717, 1.165) is 0 Å². The summed E-state index contributed by atoms with van der Waals surface area (Å²) in [4.78, 5) is 0. The number of rotatable bonds is 4. The van der Waals surface area contributed by atoms with Gasteiger partial charge in [0.15, 0.2) is 0 Å². The van der Waals surface area contributed by atoms with Gasteiger partial charge < -0.3 is 10.8 Å². The van der Waals surface area contributed by atoms with Crippen molar-refractivity contribution in [1.82, 2.24) is 0 Å². The molecule has 1 aromatic carbocycles. The van der Waals surface area contributed by atoms with Crippen LogP contribution in [0.4, 0.5) is 0 Å². The minimum atomic E-state index is -0.177. The second-order valence-corrected chi connectivity index (χ2v) is 6.07. The molecule has 0 amide bonds. The van der Waals surface area contributed by atoms with E-state index in [0.29, 0.717) is 0 Å². The summed E-state index contributed by atoms with van der Waals surface area (Å²) in [6.07, 6.45) is 2.38. The van der Waals surface area contributed by atoms with Crippen molar-refractivity contribution in [3.05, 3.63) is 35.4 Å². The summed E-state index contributed by atoms with van der Waals surface area (Å²) < 4.78 is 0. The summed E-state index contributed by atoms with van der Waals surface area (Å²) in [6, 6.07) is 8.79. The van der Waals surface area contributed by atoms with Crippen molar-refractivity contribution >= 4 is 0 Å². The van der Waals surface area contributed by atoms with Crippen LogP contribution in [0, 0.1) is 0 Å². The van der Waals surface area contributed by atoms with Crippen molar-refractivity contribution in [2.45, 2.75) is 50.5 Å². The highest BCUT2D eigenvalue weighted by Gasteiger charge is 2.47. The Balaban J connectivity index is 2.36. The van der Waals surface area contributed by atoms with Crippen LogP contribution in [-0.4, -0.2) is 17.8 Å². The average molecular weight is 233 g/mol. The van der Waals surface area contributed by atoms with Crippen molar-refractivity contribution in [1.29, 1.82) is 0 Å². The fourth-order valence-electron chi connectivity index (χ4n) is 2.48. The summed E-state index contributed by atoms with van der Waals surface area (Å²) in [5.74, 6) is 0. The van der Waals surface area contributed by atoms with E-state index >= 15 is 0 Å². The van der Waals surface area contributed by atoms with Crippen molar-refractivity contribution in [2.75, 3.05) is 6.61 Å². The Morgan fingerprint density at radius 2 is 2.06 bits per heavy atom. The van der Waals surface area contributed by atoms with E-state index < -0.39 is 0 Å². The van der Waals surface area contributed by atoms with Gasteiger partial charge in [0.2, 0.25) is 0 Å². The van der Waals surface area contributed by atoms with E-state index in [-0.39, 0.29) is 23.5 Å². The quantitative estimate of drug-likeness (QED) is 0.838. The first-order valence-corrected chi connectivity index (χ1v) is 6.40. The molecular weight excluding hydrogens is 210 g/mol. The first kappa shape index (κ1) is 12.6. The molecule has 1 aliphatic carbocycles. The Labute approximate surface area is 104 Å². The van der Waals surface area contributed by atoms with E-state index in [2.05, 4.69) is 45.0 Å². The lowest BCUT2D eigenvalue weighted by atomic mass is 9.81. The fraction of sp³-hybridized carbons (Fsp3) is 0.600. The van der Waals surface area contributed by atoms with E-state index in [1.54, 1.807) is 0 Å². The summed E-state index contributed by atoms with van der Waals surface area (Å²) in [6.45, 7) is 6.40. The second-order valence-electron chi connectivity index (χ2n) is 6.07. The lowest BCUT2D eigenvalue weighted by Crippen LogP contribution is -2.32. The molecule has 17 heavy (non-hydrogen) atoms. The van der Waals surface area contributed by atoms with Crippen LogP contribution < -0.4 is 5.73 Å². The van der Waals surface area contributed by atoms with Gasteiger partial charge in [-0.1, -0.05) is 38.1 Å². The summed E-state index contributed by atoms with van der Waals surface area (Å²) in [7, 11) is 0. The van der Waals surface area contributed by atoms with E-state index in [1.807, 2.05) is 0 Å². The highest BCUT2D eigenvalue weighted by Crippen LogP contribution is 2.50. The first-order chi connectivity index (χ1) is 7.92. The first-order valence-electron chi connectivity index (χ1n) is 6.40. The highest BCUT2D eigenvalue weighted by molar-refractivity contribution is 5.38. The zero-order chi connectivity index (χ0) is 12.7. The van der Waals surface area contributed by atoms with Crippen molar-refractivity contribution in [3.63, 3.8) is 0 Å². The largest absolute Gasteiger partial charge is 0.395 e. The molecule has 0 aliphatic heterocycles. The molecule has 0 saturated heterocycles. The predicted molar refractivity (Wildman–Crippen MR) is 71.1 cm³/mol. The van der Waals surface area contributed by atoms with Crippen molar-refractivity contribution in [3.8, 4) is 0 Å². The number of aliphatic hydroxyl groups is 1. The smallest absolute Gasteiger partial charge is 0.0522 e. The van der Waals surface area contributed by atoms with Crippen LogP contribution >= 0.6 is 0 Å². The average Bonchev–Trinajstić information content (AvgIpc) is 3.10. The van der Waals surface area contributed by atoms with E-state index in [4.69, 9.17) is 5.73 Å². The SMILES string of the molecule is CC(N)C1(c2cccc(C(C)(C)CO)c2)CC1. The summed E-state index contributed by atoms with van der Waals surface area (Å²) in [5.41, 5.74) is 8.66. The molecule has 0 radical (unpaired) electrons. The Bertz CT molecular complexity index is 405. The molecule has 0 bridgehead atoms. The maximum absolute atomic E-state index is 9.44. The summed E-state index contributed by atoms with van der Waals surface area (Å²) in [5, 5.41) is 9.44. The predicted octanol–water partition coefficient (Wildman–Crippen LogP) is 2.34. The summed E-state index contributed by atoms with van der Waals surface area (Å²) >= 11 is 0. The normalized spacial score (nSPS) is 20.1. The van der Waals surface area contributed by atoms with Crippen LogP contribution in [0.25, 0.3) is 0 Å². The molecule has 1 aliphatic rings. The van der Waals surface area contributed by atoms with Crippen LogP contribution in [0.2, 0.25) is 0 Å². The van der Waals surface area contributed by atoms with Gasteiger partial charge in [0, 0.05) is 16.9 Å². The molecule has 1 fully saturated rings. The molecule has 94 valence electrons. The highest BCUT2D eigenvalue weighted by atomic mass is 16.3. The van der Waals surface area contributed by atoms with Gasteiger partial charge in [-0.15, -0.1) is 0 Å². The number of nitrogens with two attached hydrogens (primary N) is 1. The molecule has 2 heteroatoms. The van der Waals surface area contributed by atoms with Gasteiger partial charge in [-0.05, 0) is 30.9 Å². The Kier molecular flexibility index (Phi) is 3.04. The van der Waals surface area contributed by atoms with Crippen LogP contribution in [0.1, 0.15) is 44.7 Å². The molecule has 1 aromatic rings. The molecule has 2 rings (SSSR count). The third-order valence-electron chi connectivity index (χ3n) is 4.27. The van der Waals surface area contributed by atoms with Gasteiger partial charge >= 0.3 is 0 Å². The number of aliphatic hydroxyl groups excluding tert-OH is 1. The Morgan fingerprint density at radius 1 is 1.41 bits per heavy atom. The van der Waals surface area contributed by atoms with Gasteiger partial charge in [0.1, 0.15) is 0 Å². The molecule has 0 aromatic heterocycles. The van der Waals surface area contributed by atoms with Crippen molar-refractivity contribution in [2.24, 2.45) is 5.73 Å². The number of benzene rings is 1. The van der Waals surface area contributed by atoms with Gasteiger partial charge in [-0.25, -0.2) is 0 Å². The zero-order valence-electron chi connectivity index (χ0n) is 11.0. The molecule has 1 atom stereocenters. The third-order valence-corrected chi connectivity index (χ3v) is 4.27. The van der Waals surface area contributed by atoms with Crippen LogP contribution in [0.5, 0.6) is 0 Å². The van der Waals surface area contributed by atoms with Gasteiger partial charge in [0.25, 0.3) is 0 Å². The van der Waals surface area contributed by atoms with Gasteiger partial charge in [-0.2, -0.15) is 0 Å². The maximum atomic E-state index is 9.44. The fourth-order valence-corrected chi connectivity index (χ4v) is 2.48. The standard InChI is InChI=1S/C15H23NO/c1-11(16)15(7-8-15)13-6-4-5-12(9-13)14(2,3)10-17/h4-6,9,11,17H,7-8,10,16H2,1-3H3.